The highest BCUT2D eigenvalue weighted by atomic mass is 79.9. The molecule has 7 nitrogen and oxygen atoms in total. The molecule has 0 radical (unpaired) electrons. The second-order valence-corrected chi connectivity index (χ2v) is 6.80. The molecule has 0 bridgehead atoms. The number of fused-ring (bicyclic) bond motifs is 3. The molecule has 27 heavy (non-hydrogen) atoms. The predicted molar refractivity (Wildman–Crippen MR) is 103 cm³/mol. The Morgan fingerprint density at radius 2 is 1.89 bits per heavy atom. The SMILES string of the molecule is CCOC=O.Cc1c2c(n(CC(N)=O)c1C)C(=O)C(=O)c1ccc(Br)cc1-2. The third-order valence-electron chi connectivity index (χ3n) is 4.29. The Labute approximate surface area is 164 Å². The molecule has 2 aromatic rings. The fourth-order valence-corrected chi connectivity index (χ4v) is 3.36. The number of nitrogens with zero attached hydrogens (tertiary/aromatic N) is 1. The summed E-state index contributed by atoms with van der Waals surface area (Å²) in [7, 11) is 0. The predicted octanol–water partition coefficient (Wildman–Crippen LogP) is 2.58. The normalized spacial score (nSPS) is 11.9. The van der Waals surface area contributed by atoms with Crippen LogP contribution >= 0.6 is 15.9 Å². The van der Waals surface area contributed by atoms with Gasteiger partial charge in [-0.2, -0.15) is 0 Å². The number of hydrogen-bond donors (Lipinski definition) is 1. The molecule has 3 rings (SSSR count). The summed E-state index contributed by atoms with van der Waals surface area (Å²) in [5, 5.41) is 0. The molecule has 1 amide bonds. The molecular formula is C19H19BrN2O5. The van der Waals surface area contributed by atoms with E-state index in [9.17, 15) is 19.2 Å². The average molecular weight is 435 g/mol. The molecule has 8 heteroatoms. The zero-order chi connectivity index (χ0) is 20.3. The van der Waals surface area contributed by atoms with Crippen molar-refractivity contribution in [2.75, 3.05) is 6.61 Å². The minimum Gasteiger partial charge on any atom is -0.468 e. The quantitative estimate of drug-likeness (QED) is 0.587. The first kappa shape index (κ1) is 20.6. The second kappa shape index (κ2) is 8.30. The lowest BCUT2D eigenvalue weighted by atomic mass is 9.86. The van der Waals surface area contributed by atoms with Crippen molar-refractivity contribution in [3.63, 3.8) is 0 Å². The summed E-state index contributed by atoms with van der Waals surface area (Å²) in [5.41, 5.74) is 8.96. The van der Waals surface area contributed by atoms with Gasteiger partial charge < -0.3 is 15.0 Å². The largest absolute Gasteiger partial charge is 0.468 e. The number of primary amides is 1. The highest BCUT2D eigenvalue weighted by molar-refractivity contribution is 9.10. The first-order valence-corrected chi connectivity index (χ1v) is 8.96. The van der Waals surface area contributed by atoms with Gasteiger partial charge in [0.1, 0.15) is 12.2 Å². The summed E-state index contributed by atoms with van der Waals surface area (Å²) in [6, 6.07) is 5.19. The topological polar surface area (TPSA) is 108 Å². The van der Waals surface area contributed by atoms with E-state index in [0.29, 0.717) is 29.8 Å². The van der Waals surface area contributed by atoms with Crippen molar-refractivity contribution in [2.24, 2.45) is 5.73 Å². The van der Waals surface area contributed by atoms with Crippen LogP contribution in [0.3, 0.4) is 0 Å². The van der Waals surface area contributed by atoms with Gasteiger partial charge in [0.2, 0.25) is 11.7 Å². The maximum Gasteiger partial charge on any atom is 0.293 e. The Balaban J connectivity index is 0.000000465. The molecule has 0 saturated heterocycles. The molecular weight excluding hydrogens is 416 g/mol. The third kappa shape index (κ3) is 3.85. The Kier molecular flexibility index (Phi) is 6.32. The van der Waals surface area contributed by atoms with Gasteiger partial charge in [-0.3, -0.25) is 19.2 Å². The van der Waals surface area contributed by atoms with Gasteiger partial charge >= 0.3 is 0 Å². The Bertz CT molecular complexity index is 946. The van der Waals surface area contributed by atoms with E-state index < -0.39 is 17.5 Å². The average Bonchev–Trinajstić information content (AvgIpc) is 2.85. The number of rotatable bonds is 4. The smallest absolute Gasteiger partial charge is 0.293 e. The van der Waals surface area contributed by atoms with Crippen molar-refractivity contribution >= 4 is 39.9 Å². The Morgan fingerprint density at radius 1 is 1.22 bits per heavy atom. The summed E-state index contributed by atoms with van der Waals surface area (Å²) in [5.74, 6) is -1.71. The number of carbonyl (C=O) groups is 4. The highest BCUT2D eigenvalue weighted by Crippen LogP contribution is 2.40. The van der Waals surface area contributed by atoms with E-state index in [1.807, 2.05) is 19.9 Å². The van der Waals surface area contributed by atoms with Crippen LogP contribution in [0.4, 0.5) is 0 Å². The van der Waals surface area contributed by atoms with Crippen LogP contribution in [0.25, 0.3) is 11.1 Å². The highest BCUT2D eigenvalue weighted by Gasteiger charge is 2.36. The maximum absolute atomic E-state index is 12.5. The van der Waals surface area contributed by atoms with Crippen molar-refractivity contribution in [1.82, 2.24) is 4.57 Å². The van der Waals surface area contributed by atoms with Crippen LogP contribution in [0.2, 0.25) is 0 Å². The van der Waals surface area contributed by atoms with Crippen LogP contribution < -0.4 is 5.73 Å². The zero-order valence-corrected chi connectivity index (χ0v) is 16.8. The first-order chi connectivity index (χ1) is 12.7. The summed E-state index contributed by atoms with van der Waals surface area (Å²) < 4.78 is 6.51. The second-order valence-electron chi connectivity index (χ2n) is 5.89. The van der Waals surface area contributed by atoms with Crippen molar-refractivity contribution < 1.29 is 23.9 Å². The monoisotopic (exact) mass is 434 g/mol. The standard InChI is InChI=1S/C16H13BrN2O3.C3H6O2/c1-7-8(2)19(6-12(18)20)14-13(7)11-5-9(17)3-4-10(11)15(21)16(14)22;1-2-5-3-4/h3-5H,6H2,1-2H3,(H2,18,20);3H,2H2,1H3. The van der Waals surface area contributed by atoms with Gasteiger partial charge in [0.15, 0.2) is 0 Å². The fourth-order valence-electron chi connectivity index (χ4n) is 3.00. The van der Waals surface area contributed by atoms with Crippen LogP contribution in [0.5, 0.6) is 0 Å². The maximum atomic E-state index is 12.5. The van der Waals surface area contributed by atoms with E-state index >= 15 is 0 Å². The van der Waals surface area contributed by atoms with E-state index in [0.717, 1.165) is 15.7 Å². The minimum absolute atomic E-state index is 0.121. The summed E-state index contributed by atoms with van der Waals surface area (Å²) in [4.78, 5) is 45.3. The molecule has 2 N–H and O–H groups in total. The zero-order valence-electron chi connectivity index (χ0n) is 15.2. The molecule has 0 aliphatic heterocycles. The van der Waals surface area contributed by atoms with Gasteiger partial charge in [0, 0.05) is 21.3 Å². The van der Waals surface area contributed by atoms with E-state index in [2.05, 4.69) is 20.7 Å². The van der Waals surface area contributed by atoms with Gasteiger partial charge in [0.05, 0.1) is 6.61 Å². The van der Waals surface area contributed by atoms with E-state index in [1.165, 1.54) is 4.57 Å². The van der Waals surface area contributed by atoms with Crippen molar-refractivity contribution in [3.8, 4) is 11.1 Å². The molecule has 1 aliphatic rings. The lowest BCUT2D eigenvalue weighted by molar-refractivity contribution is -0.128. The van der Waals surface area contributed by atoms with Crippen LogP contribution in [0.1, 0.15) is 39.0 Å². The van der Waals surface area contributed by atoms with Gasteiger partial charge in [-0.15, -0.1) is 0 Å². The number of amides is 1. The third-order valence-corrected chi connectivity index (χ3v) is 4.79. The van der Waals surface area contributed by atoms with Gasteiger partial charge in [0.25, 0.3) is 12.3 Å². The number of ether oxygens (including phenoxy) is 1. The van der Waals surface area contributed by atoms with Gasteiger partial charge in [-0.05, 0) is 50.1 Å². The van der Waals surface area contributed by atoms with Gasteiger partial charge in [-0.1, -0.05) is 15.9 Å². The van der Waals surface area contributed by atoms with Crippen LogP contribution in [0, 0.1) is 13.8 Å². The van der Waals surface area contributed by atoms with E-state index in [-0.39, 0.29) is 12.2 Å². The molecule has 0 spiro atoms. The minimum atomic E-state index is -0.595. The summed E-state index contributed by atoms with van der Waals surface area (Å²) in [6.45, 7) is 6.23. The van der Waals surface area contributed by atoms with Crippen molar-refractivity contribution in [3.05, 3.63) is 45.2 Å². The lowest BCUT2D eigenvalue weighted by Gasteiger charge is -2.17. The molecule has 142 valence electrons. The van der Waals surface area contributed by atoms with Crippen LogP contribution in [-0.2, 0) is 20.9 Å². The van der Waals surface area contributed by atoms with Crippen LogP contribution in [-0.4, -0.2) is 35.1 Å². The first-order valence-electron chi connectivity index (χ1n) is 8.16. The fraction of sp³-hybridized carbons (Fsp3) is 0.263. The number of Topliss-reactive ketones (excluding diaryl/α,β-unsaturated/α-hetero) is 2. The number of nitrogens with two attached hydrogens (primary N) is 1. The number of benzene rings is 1. The lowest BCUT2D eigenvalue weighted by Crippen LogP contribution is -2.27. The summed E-state index contributed by atoms with van der Waals surface area (Å²) >= 11 is 3.39. The van der Waals surface area contributed by atoms with Crippen LogP contribution in [0.15, 0.2) is 22.7 Å². The van der Waals surface area contributed by atoms with Crippen molar-refractivity contribution in [2.45, 2.75) is 27.3 Å². The van der Waals surface area contributed by atoms with E-state index in [4.69, 9.17) is 5.73 Å². The summed E-state index contributed by atoms with van der Waals surface area (Å²) in [6.07, 6.45) is 0. The molecule has 0 atom stereocenters. The van der Waals surface area contributed by atoms with E-state index in [1.54, 1.807) is 19.1 Å². The number of ketones is 2. The molecule has 0 saturated carbocycles. The molecule has 1 aromatic heterocycles. The molecule has 0 fully saturated rings. The van der Waals surface area contributed by atoms with Gasteiger partial charge in [-0.25, -0.2) is 0 Å². The molecule has 0 unspecified atom stereocenters. The molecule has 1 aromatic carbocycles. The molecule has 1 heterocycles. The number of halogens is 1. The number of aromatic nitrogens is 1. The Morgan fingerprint density at radius 3 is 2.41 bits per heavy atom. The van der Waals surface area contributed by atoms with Crippen molar-refractivity contribution in [1.29, 1.82) is 0 Å². The molecule has 1 aliphatic carbocycles. The Hall–Kier alpha value is -2.74. The number of hydrogen-bond acceptors (Lipinski definition) is 5. The number of carbonyl (C=O) groups excluding carboxylic acids is 4.